The number of hydrogen-bond acceptors (Lipinski definition) is 9. The van der Waals surface area contributed by atoms with E-state index < -0.39 is 17.2 Å². The molecule has 39 heavy (non-hydrogen) atoms. The Hall–Kier alpha value is -3.77. The fourth-order valence-electron chi connectivity index (χ4n) is 3.91. The number of primary amides is 1. The number of benzene rings is 1. The van der Waals surface area contributed by atoms with E-state index >= 15 is 4.39 Å². The predicted octanol–water partition coefficient (Wildman–Crippen LogP) is 4.39. The molecule has 1 saturated heterocycles. The molecule has 5 N–H and O–H groups in total. The minimum Gasteiger partial charge on any atom is -0.481 e. The van der Waals surface area contributed by atoms with Gasteiger partial charge in [0.05, 0.1) is 16.8 Å². The van der Waals surface area contributed by atoms with E-state index in [0.29, 0.717) is 65.7 Å². The molecule has 1 amide bonds. The fourth-order valence-corrected chi connectivity index (χ4v) is 4.24. The standard InChI is InChI=1S/C24H27FN6O2S.C2H6.CH3NO/c1-3-29-30-20-19(25)16(12-17(21(20)34)18-6-4-5-9-26-18)15-13-27-23(28-14-15)31-10-7-24(2,8-11-31)22(32)33;1-2;2-1-3/h4-6,9,12-14,29-30,34H,3,7-8,10-11H2,1-2H3,(H,32,33);1-2H3;1H,(H2,2,3). The van der Waals surface area contributed by atoms with Crippen LogP contribution >= 0.6 is 12.6 Å². The molecule has 4 rings (SSSR count). The molecule has 12 heteroatoms. The molecule has 210 valence electrons. The van der Waals surface area contributed by atoms with Crippen molar-refractivity contribution < 1.29 is 19.1 Å². The Kier molecular flexibility index (Phi) is 12.1. The molecule has 0 saturated carbocycles. The van der Waals surface area contributed by atoms with Crippen molar-refractivity contribution in [3.63, 3.8) is 0 Å². The van der Waals surface area contributed by atoms with E-state index in [1.165, 1.54) is 0 Å². The number of nitrogens with zero attached hydrogens (tertiary/aromatic N) is 4. The number of amides is 1. The number of carbonyl (C=O) groups is 2. The normalized spacial score (nSPS) is 13.7. The Balaban J connectivity index is 0.000000998. The van der Waals surface area contributed by atoms with Gasteiger partial charge in [0.25, 0.3) is 0 Å². The highest BCUT2D eigenvalue weighted by molar-refractivity contribution is 7.80. The Labute approximate surface area is 233 Å². The molecule has 0 aliphatic carbocycles. The molecular formula is C27H36FN7O3S. The first-order valence-corrected chi connectivity index (χ1v) is 13.1. The van der Waals surface area contributed by atoms with Gasteiger partial charge in [0.15, 0.2) is 5.82 Å². The third kappa shape index (κ3) is 7.64. The number of aliphatic carboxylic acids is 1. The van der Waals surface area contributed by atoms with Crippen LogP contribution < -0.4 is 21.5 Å². The van der Waals surface area contributed by atoms with E-state index in [4.69, 9.17) is 4.79 Å². The third-order valence-corrected chi connectivity index (χ3v) is 6.65. The highest BCUT2D eigenvalue weighted by atomic mass is 32.1. The number of carbonyl (C=O) groups excluding carboxylic acids is 1. The first-order valence-electron chi connectivity index (χ1n) is 12.7. The van der Waals surface area contributed by atoms with Gasteiger partial charge < -0.3 is 21.2 Å². The summed E-state index contributed by atoms with van der Waals surface area (Å²) in [7, 11) is 0. The maximum Gasteiger partial charge on any atom is 0.309 e. The SMILES string of the molecule is CC.CCNNc1c(F)c(-c2cnc(N3CCC(C)(C(=O)O)CC3)nc2)cc(-c2ccccn2)c1S.NC=O. The maximum atomic E-state index is 15.6. The molecule has 0 spiro atoms. The lowest BCUT2D eigenvalue weighted by molar-refractivity contribution is -0.149. The van der Waals surface area contributed by atoms with Crippen molar-refractivity contribution in [3.05, 3.63) is 48.7 Å². The van der Waals surface area contributed by atoms with Crippen LogP contribution in [0.4, 0.5) is 16.0 Å². The first kappa shape index (κ1) is 31.4. The zero-order valence-electron chi connectivity index (χ0n) is 22.6. The van der Waals surface area contributed by atoms with Crippen LogP contribution in [0.1, 0.15) is 40.5 Å². The molecule has 0 radical (unpaired) electrons. The van der Waals surface area contributed by atoms with Crippen molar-refractivity contribution in [2.24, 2.45) is 11.1 Å². The third-order valence-electron chi connectivity index (χ3n) is 6.18. The van der Waals surface area contributed by atoms with E-state index in [2.05, 4.69) is 44.2 Å². The zero-order valence-corrected chi connectivity index (χ0v) is 23.5. The van der Waals surface area contributed by atoms with Gasteiger partial charge in [-0.05, 0) is 38.0 Å². The molecule has 3 heterocycles. The average molecular weight is 558 g/mol. The van der Waals surface area contributed by atoms with Crippen molar-refractivity contribution in [2.75, 3.05) is 30.0 Å². The van der Waals surface area contributed by atoms with Gasteiger partial charge in [0.2, 0.25) is 12.4 Å². The number of nitrogens with two attached hydrogens (primary N) is 1. The smallest absolute Gasteiger partial charge is 0.309 e. The molecule has 2 aromatic heterocycles. The summed E-state index contributed by atoms with van der Waals surface area (Å²) in [5.41, 5.74) is 11.7. The van der Waals surface area contributed by atoms with Gasteiger partial charge in [0.1, 0.15) is 0 Å². The fraction of sp³-hybridized carbons (Fsp3) is 0.370. The van der Waals surface area contributed by atoms with Crippen LogP contribution in [0.5, 0.6) is 0 Å². The molecule has 0 bridgehead atoms. The molecule has 0 atom stereocenters. The lowest BCUT2D eigenvalue weighted by atomic mass is 9.80. The number of hydrogen-bond donors (Lipinski definition) is 5. The van der Waals surface area contributed by atoms with E-state index in [1.54, 1.807) is 31.6 Å². The van der Waals surface area contributed by atoms with Gasteiger partial charge in [-0.3, -0.25) is 14.6 Å². The summed E-state index contributed by atoms with van der Waals surface area (Å²) in [5.74, 6) is -0.757. The molecule has 1 aliphatic rings. The van der Waals surface area contributed by atoms with Crippen molar-refractivity contribution in [1.82, 2.24) is 20.4 Å². The van der Waals surface area contributed by atoms with Crippen molar-refractivity contribution in [2.45, 2.75) is 45.4 Å². The van der Waals surface area contributed by atoms with E-state index in [-0.39, 0.29) is 12.1 Å². The van der Waals surface area contributed by atoms with Crippen LogP contribution in [0.15, 0.2) is 47.8 Å². The number of piperidine rings is 1. The van der Waals surface area contributed by atoms with Gasteiger partial charge in [-0.1, -0.05) is 26.8 Å². The number of halogens is 1. The number of nitrogens with one attached hydrogen (secondary N) is 2. The molecule has 10 nitrogen and oxygen atoms in total. The summed E-state index contributed by atoms with van der Waals surface area (Å²) in [5, 5.41) is 9.44. The molecule has 1 aliphatic heterocycles. The first-order chi connectivity index (χ1) is 18.8. The summed E-state index contributed by atoms with van der Waals surface area (Å²) >= 11 is 4.58. The molecule has 1 fully saturated rings. The van der Waals surface area contributed by atoms with Crippen LogP contribution in [0.25, 0.3) is 22.4 Å². The van der Waals surface area contributed by atoms with Gasteiger partial charge >= 0.3 is 5.97 Å². The van der Waals surface area contributed by atoms with Gasteiger partial charge in [-0.15, -0.1) is 12.6 Å². The predicted molar refractivity (Wildman–Crippen MR) is 154 cm³/mol. The average Bonchev–Trinajstić information content (AvgIpc) is 2.96. The minimum absolute atomic E-state index is 0.219. The Morgan fingerprint density at radius 1 is 1.21 bits per heavy atom. The lowest BCUT2D eigenvalue weighted by Crippen LogP contribution is -2.43. The number of carboxylic acid groups (broad SMARTS) is 1. The topological polar surface area (TPSA) is 146 Å². The van der Waals surface area contributed by atoms with E-state index in [9.17, 15) is 9.90 Å². The number of rotatable bonds is 7. The van der Waals surface area contributed by atoms with Crippen LogP contribution in [0.2, 0.25) is 0 Å². The van der Waals surface area contributed by atoms with E-state index in [1.807, 2.05) is 43.9 Å². The molecule has 0 unspecified atom stereocenters. The lowest BCUT2D eigenvalue weighted by Gasteiger charge is -2.36. The minimum atomic E-state index is -0.780. The van der Waals surface area contributed by atoms with Crippen molar-refractivity contribution >= 4 is 36.6 Å². The Morgan fingerprint density at radius 3 is 2.33 bits per heavy atom. The highest BCUT2D eigenvalue weighted by Crippen LogP contribution is 2.39. The number of thiol groups is 1. The summed E-state index contributed by atoms with van der Waals surface area (Å²) in [4.78, 5) is 35.8. The largest absolute Gasteiger partial charge is 0.481 e. The Morgan fingerprint density at radius 2 is 1.82 bits per heavy atom. The summed E-state index contributed by atoms with van der Waals surface area (Å²) in [6.07, 6.45) is 6.12. The van der Waals surface area contributed by atoms with Crippen molar-refractivity contribution in [1.29, 1.82) is 0 Å². The zero-order chi connectivity index (χ0) is 29.0. The monoisotopic (exact) mass is 557 g/mol. The van der Waals surface area contributed by atoms with Gasteiger partial charge in [-0.25, -0.2) is 19.8 Å². The van der Waals surface area contributed by atoms with Crippen LogP contribution in [-0.4, -0.2) is 52.1 Å². The van der Waals surface area contributed by atoms with E-state index in [0.717, 1.165) is 0 Å². The summed E-state index contributed by atoms with van der Waals surface area (Å²) in [6.45, 7) is 9.35. The molecule has 1 aromatic carbocycles. The number of hydrazine groups is 1. The van der Waals surface area contributed by atoms with Gasteiger partial charge in [0, 0.05) is 59.8 Å². The molecular weight excluding hydrogens is 521 g/mol. The van der Waals surface area contributed by atoms with Crippen LogP contribution in [0, 0.1) is 11.2 Å². The summed E-state index contributed by atoms with van der Waals surface area (Å²) in [6, 6.07) is 7.22. The van der Waals surface area contributed by atoms with Gasteiger partial charge in [-0.2, -0.15) is 0 Å². The summed E-state index contributed by atoms with van der Waals surface area (Å²) < 4.78 is 15.6. The van der Waals surface area contributed by atoms with Crippen molar-refractivity contribution in [3.8, 4) is 22.4 Å². The molecule has 3 aromatic rings. The highest BCUT2D eigenvalue weighted by Gasteiger charge is 2.37. The number of anilines is 2. The Bertz CT molecular complexity index is 1220. The second-order valence-corrected chi connectivity index (χ2v) is 9.09. The number of carboxylic acids is 1. The second-order valence-electron chi connectivity index (χ2n) is 8.64. The second kappa shape index (κ2) is 15.0. The number of pyridine rings is 1. The number of aromatic nitrogens is 3. The quantitative estimate of drug-likeness (QED) is 0.162. The maximum absolute atomic E-state index is 15.6. The van der Waals surface area contributed by atoms with Crippen LogP contribution in [-0.2, 0) is 9.59 Å². The van der Waals surface area contributed by atoms with Crippen LogP contribution in [0.3, 0.4) is 0 Å².